The number of likely N-dealkylation sites (N-methyl/N-ethyl adjacent to an activating group) is 1. The van der Waals surface area contributed by atoms with Crippen LogP contribution in [0.25, 0.3) is 10.9 Å². The molecule has 0 radical (unpaired) electrons. The van der Waals surface area contributed by atoms with Gasteiger partial charge in [-0.1, -0.05) is 18.2 Å². The summed E-state index contributed by atoms with van der Waals surface area (Å²) in [6.45, 7) is 7.09. The van der Waals surface area contributed by atoms with E-state index >= 15 is 0 Å². The molecule has 106 valence electrons. The number of aromatic nitrogens is 1. The molecule has 1 heterocycles. The van der Waals surface area contributed by atoms with Crippen LogP contribution in [0.3, 0.4) is 0 Å². The van der Waals surface area contributed by atoms with E-state index in [4.69, 9.17) is 4.74 Å². The summed E-state index contributed by atoms with van der Waals surface area (Å²) >= 11 is 0. The minimum absolute atomic E-state index is 0.00292. The lowest BCUT2D eigenvalue weighted by Crippen LogP contribution is -2.40. The SMILES string of the molecule is CCN(CC)C(=O)C(C)Oc1cnc2ccccc2c1. The Morgan fingerprint density at radius 1 is 1.30 bits per heavy atom. The Labute approximate surface area is 119 Å². The summed E-state index contributed by atoms with van der Waals surface area (Å²) in [5.41, 5.74) is 0.919. The average molecular weight is 272 g/mol. The van der Waals surface area contributed by atoms with E-state index in [1.165, 1.54) is 0 Å². The zero-order chi connectivity index (χ0) is 14.5. The van der Waals surface area contributed by atoms with Crippen LogP contribution in [0, 0.1) is 0 Å². The topological polar surface area (TPSA) is 42.4 Å². The predicted octanol–water partition coefficient (Wildman–Crippen LogP) is 2.87. The number of benzene rings is 1. The van der Waals surface area contributed by atoms with Crippen molar-refractivity contribution < 1.29 is 9.53 Å². The second kappa shape index (κ2) is 6.37. The molecule has 0 saturated heterocycles. The number of hydrogen-bond donors (Lipinski definition) is 0. The van der Waals surface area contributed by atoms with E-state index in [1.54, 1.807) is 18.0 Å². The second-order valence-corrected chi connectivity index (χ2v) is 4.63. The summed E-state index contributed by atoms with van der Waals surface area (Å²) in [7, 11) is 0. The number of ether oxygens (including phenoxy) is 1. The largest absolute Gasteiger partial charge is 0.479 e. The minimum Gasteiger partial charge on any atom is -0.479 e. The molecule has 1 aromatic heterocycles. The van der Waals surface area contributed by atoms with E-state index in [9.17, 15) is 4.79 Å². The Hall–Kier alpha value is -2.10. The van der Waals surface area contributed by atoms with Gasteiger partial charge >= 0.3 is 0 Å². The lowest BCUT2D eigenvalue weighted by Gasteiger charge is -2.23. The quantitative estimate of drug-likeness (QED) is 0.840. The van der Waals surface area contributed by atoms with Crippen LogP contribution >= 0.6 is 0 Å². The van der Waals surface area contributed by atoms with Crippen LogP contribution in [-0.2, 0) is 4.79 Å². The summed E-state index contributed by atoms with van der Waals surface area (Å²) in [6, 6.07) is 9.74. The van der Waals surface area contributed by atoms with Gasteiger partial charge in [-0.15, -0.1) is 0 Å². The molecule has 4 nitrogen and oxygen atoms in total. The van der Waals surface area contributed by atoms with Gasteiger partial charge in [-0.25, -0.2) is 0 Å². The van der Waals surface area contributed by atoms with E-state index in [0.717, 1.165) is 10.9 Å². The molecule has 0 aliphatic heterocycles. The summed E-state index contributed by atoms with van der Waals surface area (Å²) in [5.74, 6) is 0.625. The third-order valence-corrected chi connectivity index (χ3v) is 3.30. The Morgan fingerprint density at radius 3 is 2.70 bits per heavy atom. The van der Waals surface area contributed by atoms with Crippen molar-refractivity contribution in [3.05, 3.63) is 36.5 Å². The van der Waals surface area contributed by atoms with Crippen molar-refractivity contribution in [3.8, 4) is 5.75 Å². The minimum atomic E-state index is -0.502. The number of nitrogens with zero attached hydrogens (tertiary/aromatic N) is 2. The Balaban J connectivity index is 2.13. The molecule has 0 saturated carbocycles. The number of pyridine rings is 1. The molecule has 0 aliphatic carbocycles. The average Bonchev–Trinajstić information content (AvgIpc) is 2.48. The summed E-state index contributed by atoms with van der Waals surface area (Å²) < 4.78 is 5.72. The van der Waals surface area contributed by atoms with Crippen molar-refractivity contribution in [3.63, 3.8) is 0 Å². The lowest BCUT2D eigenvalue weighted by atomic mass is 10.2. The maximum Gasteiger partial charge on any atom is 0.263 e. The molecular weight excluding hydrogens is 252 g/mol. The van der Waals surface area contributed by atoms with Gasteiger partial charge in [0.1, 0.15) is 5.75 Å². The van der Waals surface area contributed by atoms with Crippen molar-refractivity contribution in [1.82, 2.24) is 9.88 Å². The molecule has 2 rings (SSSR count). The fourth-order valence-electron chi connectivity index (χ4n) is 2.16. The molecule has 0 bridgehead atoms. The van der Waals surface area contributed by atoms with E-state index in [1.807, 2.05) is 44.2 Å². The maximum absolute atomic E-state index is 12.2. The van der Waals surface area contributed by atoms with Gasteiger partial charge in [0.05, 0.1) is 11.7 Å². The van der Waals surface area contributed by atoms with Gasteiger partial charge in [0.15, 0.2) is 6.10 Å². The summed E-state index contributed by atoms with van der Waals surface area (Å²) in [6.07, 6.45) is 1.16. The van der Waals surface area contributed by atoms with E-state index < -0.39 is 6.10 Å². The van der Waals surface area contributed by atoms with Crippen LogP contribution < -0.4 is 4.74 Å². The number of carbonyl (C=O) groups is 1. The first kappa shape index (κ1) is 14.3. The first-order valence-electron chi connectivity index (χ1n) is 6.96. The molecule has 0 N–H and O–H groups in total. The van der Waals surface area contributed by atoms with Gasteiger partial charge < -0.3 is 9.64 Å². The zero-order valence-corrected chi connectivity index (χ0v) is 12.2. The highest BCUT2D eigenvalue weighted by Crippen LogP contribution is 2.19. The number of amides is 1. The fourth-order valence-corrected chi connectivity index (χ4v) is 2.16. The first-order valence-corrected chi connectivity index (χ1v) is 6.96. The second-order valence-electron chi connectivity index (χ2n) is 4.63. The van der Waals surface area contributed by atoms with E-state index in [2.05, 4.69) is 4.98 Å². The van der Waals surface area contributed by atoms with E-state index in [-0.39, 0.29) is 5.91 Å². The zero-order valence-electron chi connectivity index (χ0n) is 12.2. The highest BCUT2D eigenvalue weighted by Gasteiger charge is 2.19. The van der Waals surface area contributed by atoms with Crippen LogP contribution in [0.5, 0.6) is 5.75 Å². The highest BCUT2D eigenvalue weighted by molar-refractivity contribution is 5.82. The van der Waals surface area contributed by atoms with Crippen LogP contribution in [0.4, 0.5) is 0 Å². The fraction of sp³-hybridized carbons (Fsp3) is 0.375. The number of para-hydroxylation sites is 1. The molecule has 1 amide bonds. The van der Waals surface area contributed by atoms with Crippen molar-refractivity contribution in [2.75, 3.05) is 13.1 Å². The lowest BCUT2D eigenvalue weighted by molar-refractivity contribution is -0.137. The molecule has 1 atom stereocenters. The van der Waals surface area contributed by atoms with Crippen LogP contribution in [0.15, 0.2) is 36.5 Å². The van der Waals surface area contributed by atoms with Crippen molar-refractivity contribution in [2.45, 2.75) is 26.9 Å². The van der Waals surface area contributed by atoms with Gasteiger partial charge in [0.2, 0.25) is 0 Å². The molecule has 0 fully saturated rings. The number of rotatable bonds is 5. The Bertz CT molecular complexity index is 594. The third-order valence-electron chi connectivity index (χ3n) is 3.30. The van der Waals surface area contributed by atoms with Gasteiger partial charge in [0, 0.05) is 18.5 Å². The third kappa shape index (κ3) is 3.07. The molecular formula is C16H20N2O2. The molecule has 20 heavy (non-hydrogen) atoms. The molecule has 4 heteroatoms. The van der Waals surface area contributed by atoms with Crippen LogP contribution in [-0.4, -0.2) is 35.0 Å². The van der Waals surface area contributed by atoms with Gasteiger partial charge in [-0.2, -0.15) is 0 Å². The summed E-state index contributed by atoms with van der Waals surface area (Å²) in [5, 5.41) is 1.01. The highest BCUT2D eigenvalue weighted by atomic mass is 16.5. The molecule has 1 aromatic carbocycles. The van der Waals surface area contributed by atoms with Crippen molar-refractivity contribution >= 4 is 16.8 Å². The molecule has 1 unspecified atom stereocenters. The molecule has 0 spiro atoms. The molecule has 0 aliphatic rings. The van der Waals surface area contributed by atoms with Crippen molar-refractivity contribution in [2.24, 2.45) is 0 Å². The Kier molecular flexibility index (Phi) is 4.56. The maximum atomic E-state index is 12.2. The molecule has 2 aromatic rings. The van der Waals surface area contributed by atoms with Gasteiger partial charge in [-0.05, 0) is 32.9 Å². The van der Waals surface area contributed by atoms with E-state index in [0.29, 0.717) is 18.8 Å². The van der Waals surface area contributed by atoms with Crippen LogP contribution in [0.1, 0.15) is 20.8 Å². The summed E-state index contributed by atoms with van der Waals surface area (Å²) in [4.78, 5) is 18.2. The van der Waals surface area contributed by atoms with Crippen molar-refractivity contribution in [1.29, 1.82) is 0 Å². The smallest absolute Gasteiger partial charge is 0.263 e. The standard InChI is InChI=1S/C16H20N2O2/c1-4-18(5-2)16(19)12(3)20-14-10-13-8-6-7-9-15(13)17-11-14/h6-12H,4-5H2,1-3H3. The monoisotopic (exact) mass is 272 g/mol. The Morgan fingerprint density at radius 2 is 2.00 bits per heavy atom. The number of fused-ring (bicyclic) bond motifs is 1. The van der Waals surface area contributed by atoms with Crippen LogP contribution in [0.2, 0.25) is 0 Å². The normalized spacial score (nSPS) is 12.2. The number of carbonyl (C=O) groups excluding carboxylic acids is 1. The van der Waals surface area contributed by atoms with Gasteiger partial charge in [-0.3, -0.25) is 9.78 Å². The van der Waals surface area contributed by atoms with Gasteiger partial charge in [0.25, 0.3) is 5.91 Å². The number of hydrogen-bond acceptors (Lipinski definition) is 3. The first-order chi connectivity index (χ1) is 9.65. The predicted molar refractivity (Wildman–Crippen MR) is 79.8 cm³/mol.